The van der Waals surface area contributed by atoms with Crippen molar-refractivity contribution in [2.24, 2.45) is 4.99 Å². The lowest BCUT2D eigenvalue weighted by Crippen LogP contribution is -2.40. The highest BCUT2D eigenvalue weighted by Gasteiger charge is 2.32. The molecule has 1 aromatic heterocycles. The average Bonchev–Trinajstić information content (AvgIpc) is 3.18. The second kappa shape index (κ2) is 10.1. The van der Waals surface area contributed by atoms with Crippen molar-refractivity contribution in [2.45, 2.75) is 32.7 Å². The van der Waals surface area contributed by atoms with E-state index >= 15 is 0 Å². The number of rotatable bonds is 5. The Morgan fingerprint density at radius 1 is 1.03 bits per heavy atom. The molecule has 0 fully saturated rings. The first-order valence-corrected chi connectivity index (χ1v) is 12.9. The van der Waals surface area contributed by atoms with Crippen molar-refractivity contribution in [2.75, 3.05) is 5.32 Å². The van der Waals surface area contributed by atoms with E-state index in [4.69, 9.17) is 0 Å². The molecule has 4 aromatic rings. The number of aromatic nitrogens is 1. The molecule has 7 heteroatoms. The number of carbonyl (C=O) groups excluding carboxylic acids is 1. The number of hydrogen-bond acceptors (Lipinski definition) is 4. The van der Waals surface area contributed by atoms with Gasteiger partial charge in [0.25, 0.3) is 11.5 Å². The number of carbonyl (C=O) groups is 1. The number of amides is 1. The lowest BCUT2D eigenvalue weighted by molar-refractivity contribution is -0.113. The van der Waals surface area contributed by atoms with Crippen LogP contribution in [-0.4, -0.2) is 10.5 Å². The monoisotopic (exact) mass is 511 g/mol. The van der Waals surface area contributed by atoms with Gasteiger partial charge in [-0.15, -0.1) is 0 Å². The van der Waals surface area contributed by atoms with Crippen LogP contribution < -0.4 is 20.2 Å². The Hall–Kier alpha value is -4.10. The van der Waals surface area contributed by atoms with Gasteiger partial charge in [-0.3, -0.25) is 14.2 Å². The fourth-order valence-electron chi connectivity index (χ4n) is 4.42. The minimum atomic E-state index is -0.744. The Balaban J connectivity index is 1.64. The summed E-state index contributed by atoms with van der Waals surface area (Å²) in [6.07, 6.45) is 1.85. The summed E-state index contributed by atoms with van der Waals surface area (Å²) in [5, 5.41) is 2.91. The number of hydrogen-bond donors (Lipinski definition) is 1. The molecule has 1 aliphatic rings. The molecular formula is C30H26FN3O2S. The van der Waals surface area contributed by atoms with E-state index in [-0.39, 0.29) is 11.5 Å². The summed E-state index contributed by atoms with van der Waals surface area (Å²) >= 11 is 1.28. The summed E-state index contributed by atoms with van der Waals surface area (Å²) in [5.41, 5.74) is 4.00. The van der Waals surface area contributed by atoms with Gasteiger partial charge < -0.3 is 5.32 Å². The molecular weight excluding hydrogens is 485 g/mol. The SMILES string of the molecule is CC1=C(C(=O)Nc2ccccc2)C(c2ccc(F)cc2)n2c(sc(=Cc3ccc(C(C)C)cc3)c2=O)=N1. The zero-order valence-electron chi connectivity index (χ0n) is 20.7. The second-order valence-corrected chi connectivity index (χ2v) is 10.3. The Morgan fingerprint density at radius 3 is 2.35 bits per heavy atom. The maximum absolute atomic E-state index is 13.8. The standard InChI is InChI=1S/C30H26FN3O2S/c1-18(2)21-11-9-20(10-12-21)17-25-29(36)34-27(22-13-15-23(31)16-14-22)26(19(3)32-30(34)37-25)28(35)33-24-7-5-4-6-8-24/h4-18,27H,1-3H3,(H,33,35). The van der Waals surface area contributed by atoms with Gasteiger partial charge in [0, 0.05) is 5.69 Å². The molecule has 0 bridgehead atoms. The second-order valence-electron chi connectivity index (χ2n) is 9.27. The van der Waals surface area contributed by atoms with Crippen LogP contribution >= 0.6 is 11.3 Å². The first-order valence-electron chi connectivity index (χ1n) is 12.1. The number of allylic oxidation sites excluding steroid dienone is 1. The molecule has 186 valence electrons. The number of anilines is 1. The molecule has 0 spiro atoms. The molecule has 37 heavy (non-hydrogen) atoms. The molecule has 0 saturated heterocycles. The number of benzene rings is 3. The van der Waals surface area contributed by atoms with Crippen LogP contribution in [0.25, 0.3) is 6.08 Å². The number of nitrogens with zero attached hydrogens (tertiary/aromatic N) is 2. The van der Waals surface area contributed by atoms with Gasteiger partial charge >= 0.3 is 0 Å². The molecule has 0 saturated carbocycles. The van der Waals surface area contributed by atoms with Crippen LogP contribution in [0.2, 0.25) is 0 Å². The van der Waals surface area contributed by atoms with E-state index in [1.807, 2.05) is 36.4 Å². The van der Waals surface area contributed by atoms with Gasteiger partial charge in [-0.1, -0.05) is 79.8 Å². The molecule has 1 atom stereocenters. The zero-order valence-corrected chi connectivity index (χ0v) is 21.6. The Labute approximate surface area is 218 Å². The summed E-state index contributed by atoms with van der Waals surface area (Å²) in [6, 6.07) is 22.4. The number of thiazole rings is 1. The third kappa shape index (κ3) is 4.95. The van der Waals surface area contributed by atoms with Crippen molar-refractivity contribution in [3.05, 3.63) is 132 Å². The summed E-state index contributed by atoms with van der Waals surface area (Å²) in [7, 11) is 0. The maximum Gasteiger partial charge on any atom is 0.271 e. The number of halogens is 1. The molecule has 5 nitrogen and oxygen atoms in total. The Bertz CT molecular complexity index is 1670. The predicted molar refractivity (Wildman–Crippen MR) is 146 cm³/mol. The van der Waals surface area contributed by atoms with Crippen LogP contribution in [-0.2, 0) is 4.79 Å². The van der Waals surface area contributed by atoms with E-state index in [9.17, 15) is 14.0 Å². The van der Waals surface area contributed by atoms with Gasteiger partial charge in [0.1, 0.15) is 5.82 Å². The maximum atomic E-state index is 13.8. The van der Waals surface area contributed by atoms with Crippen molar-refractivity contribution in [3.63, 3.8) is 0 Å². The minimum absolute atomic E-state index is 0.247. The lowest BCUT2D eigenvalue weighted by Gasteiger charge is -2.25. The number of fused-ring (bicyclic) bond motifs is 1. The van der Waals surface area contributed by atoms with Crippen LogP contribution in [0.4, 0.5) is 10.1 Å². The number of para-hydroxylation sites is 1. The average molecular weight is 512 g/mol. The van der Waals surface area contributed by atoms with E-state index in [1.165, 1.54) is 29.0 Å². The third-order valence-electron chi connectivity index (χ3n) is 6.38. The van der Waals surface area contributed by atoms with Crippen LogP contribution in [0.15, 0.2) is 99.9 Å². The quantitative estimate of drug-likeness (QED) is 0.404. The molecule has 1 aliphatic heterocycles. The van der Waals surface area contributed by atoms with Crippen LogP contribution in [0.5, 0.6) is 0 Å². The van der Waals surface area contributed by atoms with Crippen molar-refractivity contribution < 1.29 is 9.18 Å². The highest BCUT2D eigenvalue weighted by atomic mass is 32.1. The minimum Gasteiger partial charge on any atom is -0.322 e. The van der Waals surface area contributed by atoms with Crippen molar-refractivity contribution in [1.82, 2.24) is 4.57 Å². The van der Waals surface area contributed by atoms with E-state index in [0.29, 0.717) is 37.8 Å². The zero-order chi connectivity index (χ0) is 26.1. The molecule has 5 rings (SSSR count). The topological polar surface area (TPSA) is 63.5 Å². The summed E-state index contributed by atoms with van der Waals surface area (Å²) in [4.78, 5) is 32.4. The van der Waals surface area contributed by atoms with Crippen molar-refractivity contribution in [1.29, 1.82) is 0 Å². The predicted octanol–water partition coefficient (Wildman–Crippen LogP) is 5.14. The molecule has 3 aromatic carbocycles. The normalized spacial score (nSPS) is 15.5. The summed E-state index contributed by atoms with van der Waals surface area (Å²) < 4.78 is 15.8. The first-order chi connectivity index (χ1) is 17.8. The Kier molecular flexibility index (Phi) is 6.72. The number of nitrogens with one attached hydrogen (secondary N) is 1. The van der Waals surface area contributed by atoms with Crippen molar-refractivity contribution in [3.8, 4) is 0 Å². The van der Waals surface area contributed by atoms with Gasteiger partial charge in [0.2, 0.25) is 0 Å². The van der Waals surface area contributed by atoms with Gasteiger partial charge in [-0.05, 0) is 59.9 Å². The fraction of sp³-hybridized carbons (Fsp3) is 0.167. The molecule has 1 N–H and O–H groups in total. The van der Waals surface area contributed by atoms with E-state index < -0.39 is 11.9 Å². The molecule has 1 amide bonds. The van der Waals surface area contributed by atoms with Gasteiger partial charge in [0.15, 0.2) is 4.80 Å². The summed E-state index contributed by atoms with van der Waals surface area (Å²) in [6.45, 7) is 6.03. The van der Waals surface area contributed by atoms with Crippen LogP contribution in [0, 0.1) is 5.82 Å². The largest absolute Gasteiger partial charge is 0.322 e. The van der Waals surface area contributed by atoms with Gasteiger partial charge in [-0.25, -0.2) is 9.38 Å². The first kappa shape index (κ1) is 24.6. The smallest absolute Gasteiger partial charge is 0.271 e. The fourth-order valence-corrected chi connectivity index (χ4v) is 5.47. The molecule has 1 unspecified atom stereocenters. The van der Waals surface area contributed by atoms with Crippen molar-refractivity contribution >= 4 is 29.0 Å². The molecule has 2 heterocycles. The van der Waals surface area contributed by atoms with E-state index in [1.54, 1.807) is 35.8 Å². The van der Waals surface area contributed by atoms with E-state index in [0.717, 1.165) is 5.56 Å². The lowest BCUT2D eigenvalue weighted by atomic mass is 9.95. The third-order valence-corrected chi connectivity index (χ3v) is 7.37. The van der Waals surface area contributed by atoms with E-state index in [2.05, 4.69) is 36.3 Å². The molecule has 0 aliphatic carbocycles. The summed E-state index contributed by atoms with van der Waals surface area (Å²) in [5.74, 6) is -0.337. The van der Waals surface area contributed by atoms with Crippen LogP contribution in [0.1, 0.15) is 49.4 Å². The van der Waals surface area contributed by atoms with Gasteiger partial charge in [-0.2, -0.15) is 0 Å². The molecule has 0 radical (unpaired) electrons. The Morgan fingerprint density at radius 2 is 1.70 bits per heavy atom. The highest BCUT2D eigenvalue weighted by molar-refractivity contribution is 7.07. The van der Waals surface area contributed by atoms with Crippen LogP contribution in [0.3, 0.4) is 0 Å². The highest BCUT2D eigenvalue weighted by Crippen LogP contribution is 2.31. The van der Waals surface area contributed by atoms with Gasteiger partial charge in [0.05, 0.1) is 21.8 Å².